The van der Waals surface area contributed by atoms with Gasteiger partial charge in [0.1, 0.15) is 5.82 Å². The first-order valence-electron chi connectivity index (χ1n) is 17.0. The SMILES string of the molecule is Cc1nc2ccccc2n1C1CC2CCC(C1)N2CCC1(c2ccccc2)CCN(C(=O)C2(C)C[C@H]2c2ccccc2)CC1. The number of fused-ring (bicyclic) bond motifs is 3. The van der Waals surface area contributed by atoms with Crippen molar-refractivity contribution in [1.82, 2.24) is 19.4 Å². The standard InChI is InChI=1S/C39H46N4O/c1-28-40-35-15-9-10-16-36(35)43(28)33-25-31-17-18-32(26-33)42(31)24-21-39(30-13-7-4-8-14-30)19-22-41(23-20-39)37(44)38(2)27-34(38)29-11-5-3-6-12-29/h3-16,31-34H,17-27H2,1-2H3/t31?,32?,33?,34-,38?/m0/s1. The third kappa shape index (κ3) is 4.70. The molecule has 3 unspecified atom stereocenters. The van der Waals surface area contributed by atoms with Crippen molar-refractivity contribution in [1.29, 1.82) is 0 Å². The summed E-state index contributed by atoms with van der Waals surface area (Å²) in [7, 11) is 0. The summed E-state index contributed by atoms with van der Waals surface area (Å²) >= 11 is 0. The number of benzene rings is 3. The van der Waals surface area contributed by atoms with E-state index in [9.17, 15) is 4.79 Å². The molecule has 4 aromatic rings. The molecule has 0 N–H and O–H groups in total. The van der Waals surface area contributed by atoms with E-state index in [2.05, 4.69) is 113 Å². The van der Waals surface area contributed by atoms with Gasteiger partial charge in [-0.1, -0.05) is 79.7 Å². The third-order valence-corrected chi connectivity index (χ3v) is 12.2. The molecule has 0 spiro atoms. The van der Waals surface area contributed by atoms with E-state index in [1.54, 1.807) is 0 Å². The van der Waals surface area contributed by atoms with E-state index in [0.29, 0.717) is 30.0 Å². The molecule has 0 radical (unpaired) electrons. The van der Waals surface area contributed by atoms with Crippen molar-refractivity contribution < 1.29 is 4.79 Å². The smallest absolute Gasteiger partial charge is 0.229 e. The van der Waals surface area contributed by atoms with Crippen LogP contribution in [0.4, 0.5) is 0 Å². The average molecular weight is 587 g/mol. The van der Waals surface area contributed by atoms with Crippen LogP contribution < -0.4 is 0 Å². The molecule has 1 amide bonds. The molecule has 4 fully saturated rings. The maximum atomic E-state index is 13.9. The number of likely N-dealkylation sites (tertiary alicyclic amines) is 1. The van der Waals surface area contributed by atoms with Gasteiger partial charge in [-0.3, -0.25) is 9.69 Å². The number of carbonyl (C=O) groups excluding carboxylic acids is 1. The zero-order valence-corrected chi connectivity index (χ0v) is 26.4. The normalized spacial score (nSPS) is 29.6. The van der Waals surface area contributed by atoms with E-state index in [4.69, 9.17) is 4.98 Å². The summed E-state index contributed by atoms with van der Waals surface area (Å²) in [6, 6.07) is 32.4. The highest BCUT2D eigenvalue weighted by Gasteiger charge is 2.58. The second-order valence-electron chi connectivity index (χ2n) is 14.5. The first kappa shape index (κ1) is 28.1. The number of rotatable bonds is 7. The molecule has 228 valence electrons. The molecule has 44 heavy (non-hydrogen) atoms. The van der Waals surface area contributed by atoms with Gasteiger partial charge in [-0.05, 0) is 99.4 Å². The summed E-state index contributed by atoms with van der Waals surface area (Å²) in [5.41, 5.74) is 5.09. The largest absolute Gasteiger partial charge is 0.342 e. The molecule has 2 bridgehead atoms. The van der Waals surface area contributed by atoms with Gasteiger partial charge in [0.05, 0.1) is 16.4 Å². The average Bonchev–Trinajstić information content (AvgIpc) is 3.56. The van der Waals surface area contributed by atoms with Gasteiger partial charge >= 0.3 is 0 Å². The molecule has 3 saturated heterocycles. The number of aromatic nitrogens is 2. The monoisotopic (exact) mass is 586 g/mol. The van der Waals surface area contributed by atoms with Crippen molar-refractivity contribution in [2.75, 3.05) is 19.6 Å². The number of aryl methyl sites for hydroxylation is 1. The molecule has 4 aliphatic rings. The number of imidazole rings is 1. The number of amides is 1. The molecule has 1 aliphatic carbocycles. The highest BCUT2D eigenvalue weighted by molar-refractivity contribution is 5.87. The predicted octanol–water partition coefficient (Wildman–Crippen LogP) is 7.66. The van der Waals surface area contributed by atoms with E-state index in [1.807, 2.05) is 0 Å². The minimum Gasteiger partial charge on any atom is -0.342 e. The van der Waals surface area contributed by atoms with Gasteiger partial charge in [0.15, 0.2) is 0 Å². The van der Waals surface area contributed by atoms with Crippen LogP contribution >= 0.6 is 0 Å². The van der Waals surface area contributed by atoms with Crippen LogP contribution in [0.25, 0.3) is 11.0 Å². The molecule has 3 aromatic carbocycles. The van der Waals surface area contributed by atoms with Gasteiger partial charge in [0.2, 0.25) is 5.91 Å². The Labute approximate surface area is 262 Å². The second kappa shape index (κ2) is 10.9. The molecule has 8 rings (SSSR count). The van der Waals surface area contributed by atoms with Gasteiger partial charge in [0, 0.05) is 31.2 Å². The highest BCUT2D eigenvalue weighted by Crippen LogP contribution is 2.60. The summed E-state index contributed by atoms with van der Waals surface area (Å²) < 4.78 is 2.54. The Morgan fingerprint density at radius 1 is 0.841 bits per heavy atom. The molecular weight excluding hydrogens is 540 g/mol. The lowest BCUT2D eigenvalue weighted by Crippen LogP contribution is -2.50. The number of nitrogens with zero attached hydrogens (tertiary/aromatic N) is 4. The maximum Gasteiger partial charge on any atom is 0.229 e. The first-order valence-corrected chi connectivity index (χ1v) is 17.0. The Bertz CT molecular complexity index is 1620. The van der Waals surface area contributed by atoms with E-state index in [1.165, 1.54) is 48.7 Å². The lowest BCUT2D eigenvalue weighted by molar-refractivity contribution is -0.138. The van der Waals surface area contributed by atoms with Crippen molar-refractivity contribution in [2.45, 2.75) is 94.7 Å². The van der Waals surface area contributed by atoms with Crippen LogP contribution in [0.1, 0.15) is 87.2 Å². The van der Waals surface area contributed by atoms with Gasteiger partial charge < -0.3 is 9.47 Å². The van der Waals surface area contributed by atoms with Crippen LogP contribution in [0, 0.1) is 12.3 Å². The van der Waals surface area contributed by atoms with Gasteiger partial charge in [-0.15, -0.1) is 0 Å². The Hall–Kier alpha value is -3.44. The van der Waals surface area contributed by atoms with E-state index in [0.717, 1.165) is 50.2 Å². The summed E-state index contributed by atoms with van der Waals surface area (Å²) in [6.07, 6.45) is 9.33. The lowest BCUT2D eigenvalue weighted by Gasteiger charge is -2.46. The van der Waals surface area contributed by atoms with Crippen LogP contribution in [-0.4, -0.2) is 57.0 Å². The number of para-hydroxylation sites is 2. The summed E-state index contributed by atoms with van der Waals surface area (Å²) in [4.78, 5) is 23.8. The Kier molecular flexibility index (Phi) is 6.93. The zero-order valence-electron chi connectivity index (χ0n) is 26.4. The number of piperidine rings is 2. The van der Waals surface area contributed by atoms with Crippen molar-refractivity contribution in [2.24, 2.45) is 5.41 Å². The molecule has 4 atom stereocenters. The molecule has 5 heteroatoms. The summed E-state index contributed by atoms with van der Waals surface area (Å²) in [5.74, 6) is 1.89. The Balaban J connectivity index is 0.959. The fourth-order valence-electron chi connectivity index (χ4n) is 9.54. The van der Waals surface area contributed by atoms with Crippen molar-refractivity contribution in [3.05, 3.63) is 102 Å². The molecule has 1 aromatic heterocycles. The molecule has 3 aliphatic heterocycles. The quantitative estimate of drug-likeness (QED) is 0.223. The van der Waals surface area contributed by atoms with Crippen molar-refractivity contribution >= 4 is 16.9 Å². The van der Waals surface area contributed by atoms with Gasteiger partial charge in [-0.25, -0.2) is 4.98 Å². The van der Waals surface area contributed by atoms with E-state index >= 15 is 0 Å². The van der Waals surface area contributed by atoms with Gasteiger partial charge in [-0.2, -0.15) is 0 Å². The minimum atomic E-state index is -0.240. The second-order valence-corrected chi connectivity index (χ2v) is 14.5. The summed E-state index contributed by atoms with van der Waals surface area (Å²) in [5, 5.41) is 0. The van der Waals surface area contributed by atoms with E-state index in [-0.39, 0.29) is 10.8 Å². The van der Waals surface area contributed by atoms with Crippen LogP contribution in [0.2, 0.25) is 0 Å². The molecule has 1 saturated carbocycles. The predicted molar refractivity (Wildman–Crippen MR) is 177 cm³/mol. The molecule has 5 nitrogen and oxygen atoms in total. The fraction of sp³-hybridized carbons (Fsp3) is 0.487. The zero-order chi connectivity index (χ0) is 29.9. The lowest BCUT2D eigenvalue weighted by atomic mass is 9.70. The Morgan fingerprint density at radius 3 is 2.18 bits per heavy atom. The van der Waals surface area contributed by atoms with Crippen molar-refractivity contribution in [3.63, 3.8) is 0 Å². The number of hydrogen-bond donors (Lipinski definition) is 0. The van der Waals surface area contributed by atoms with Crippen LogP contribution in [0.5, 0.6) is 0 Å². The topological polar surface area (TPSA) is 41.4 Å². The van der Waals surface area contributed by atoms with Crippen LogP contribution in [0.15, 0.2) is 84.9 Å². The third-order valence-electron chi connectivity index (χ3n) is 12.2. The summed E-state index contributed by atoms with van der Waals surface area (Å²) in [6.45, 7) is 7.27. The fourth-order valence-corrected chi connectivity index (χ4v) is 9.54. The van der Waals surface area contributed by atoms with Crippen LogP contribution in [0.3, 0.4) is 0 Å². The minimum absolute atomic E-state index is 0.134. The molecular formula is C39H46N4O. The van der Waals surface area contributed by atoms with E-state index < -0.39 is 0 Å². The van der Waals surface area contributed by atoms with Gasteiger partial charge in [0.25, 0.3) is 0 Å². The number of hydrogen-bond acceptors (Lipinski definition) is 3. The maximum absolute atomic E-state index is 13.9. The Morgan fingerprint density at radius 2 is 1.48 bits per heavy atom. The van der Waals surface area contributed by atoms with Crippen molar-refractivity contribution in [3.8, 4) is 0 Å². The highest BCUT2D eigenvalue weighted by atomic mass is 16.2. The first-order chi connectivity index (χ1) is 21.5. The molecule has 4 heterocycles. The number of carbonyl (C=O) groups is 1. The van der Waals surface area contributed by atoms with Crippen LogP contribution in [-0.2, 0) is 10.2 Å².